The Balaban J connectivity index is 2.19. The highest BCUT2D eigenvalue weighted by Crippen LogP contribution is 2.40. The molecule has 1 aromatic heterocycles. The number of nitrogens with one attached hydrogen (secondary N) is 2. The van der Waals surface area contributed by atoms with E-state index in [9.17, 15) is 9.90 Å². The van der Waals surface area contributed by atoms with Crippen LogP contribution in [0.1, 0.15) is 38.1 Å². The van der Waals surface area contributed by atoms with Crippen LogP contribution >= 0.6 is 0 Å². The van der Waals surface area contributed by atoms with Crippen LogP contribution in [0.3, 0.4) is 0 Å². The van der Waals surface area contributed by atoms with Gasteiger partial charge in [-0.25, -0.2) is 0 Å². The smallest absolute Gasteiger partial charge is 0.321 e. The van der Waals surface area contributed by atoms with Gasteiger partial charge >= 0.3 is 5.97 Å². The number of aliphatic carboxylic acids is 1. The van der Waals surface area contributed by atoms with E-state index in [1.807, 2.05) is 18.2 Å². The van der Waals surface area contributed by atoms with E-state index >= 15 is 0 Å². The predicted octanol–water partition coefficient (Wildman–Crippen LogP) is 2.85. The summed E-state index contributed by atoms with van der Waals surface area (Å²) in [7, 11) is 0. The minimum atomic E-state index is -0.782. The number of para-hydroxylation sites is 1. The summed E-state index contributed by atoms with van der Waals surface area (Å²) >= 11 is 0. The molecule has 0 spiro atoms. The Labute approximate surface area is 118 Å². The van der Waals surface area contributed by atoms with Gasteiger partial charge in [-0.2, -0.15) is 0 Å². The second-order valence-corrected chi connectivity index (χ2v) is 6.62. The van der Waals surface area contributed by atoms with Crippen molar-refractivity contribution in [3.8, 4) is 0 Å². The van der Waals surface area contributed by atoms with Crippen molar-refractivity contribution in [3.63, 3.8) is 0 Å². The molecule has 4 nitrogen and oxygen atoms in total. The van der Waals surface area contributed by atoms with Crippen LogP contribution in [0.15, 0.2) is 24.3 Å². The molecular formula is C16H20N2O2. The second-order valence-electron chi connectivity index (χ2n) is 6.62. The number of aromatic nitrogens is 1. The Morgan fingerprint density at radius 3 is 2.65 bits per heavy atom. The zero-order valence-electron chi connectivity index (χ0n) is 12.0. The van der Waals surface area contributed by atoms with E-state index in [0.717, 1.165) is 22.2 Å². The van der Waals surface area contributed by atoms with Crippen LogP contribution in [-0.4, -0.2) is 22.1 Å². The number of carboxylic acid groups (broad SMARTS) is 1. The van der Waals surface area contributed by atoms with Crippen LogP contribution in [0.2, 0.25) is 0 Å². The molecule has 2 heterocycles. The molecule has 3 N–H and O–H groups in total. The number of benzene rings is 1. The maximum Gasteiger partial charge on any atom is 0.321 e. The maximum absolute atomic E-state index is 11.4. The van der Waals surface area contributed by atoms with Crippen molar-refractivity contribution >= 4 is 16.9 Å². The van der Waals surface area contributed by atoms with E-state index in [1.54, 1.807) is 0 Å². The summed E-state index contributed by atoms with van der Waals surface area (Å²) in [6.07, 6.45) is 0.529. The van der Waals surface area contributed by atoms with E-state index in [0.29, 0.717) is 6.42 Å². The Hall–Kier alpha value is -1.81. The third kappa shape index (κ3) is 2.00. The molecule has 0 radical (unpaired) electrons. The molecule has 2 atom stereocenters. The Morgan fingerprint density at radius 1 is 1.30 bits per heavy atom. The van der Waals surface area contributed by atoms with E-state index in [1.165, 1.54) is 0 Å². The number of hydrogen-bond acceptors (Lipinski definition) is 2. The first-order chi connectivity index (χ1) is 9.38. The second kappa shape index (κ2) is 4.35. The fourth-order valence-electron chi connectivity index (χ4n) is 3.08. The molecule has 20 heavy (non-hydrogen) atoms. The lowest BCUT2D eigenvalue weighted by molar-refractivity contribution is -0.140. The molecule has 1 aliphatic heterocycles. The summed E-state index contributed by atoms with van der Waals surface area (Å²) in [5.41, 5.74) is 3.31. The molecular weight excluding hydrogens is 252 g/mol. The van der Waals surface area contributed by atoms with Gasteiger partial charge in [0.1, 0.15) is 6.04 Å². The summed E-state index contributed by atoms with van der Waals surface area (Å²) in [5.74, 6) is -0.782. The van der Waals surface area contributed by atoms with Crippen LogP contribution < -0.4 is 5.32 Å². The Bertz CT molecular complexity index is 667. The molecule has 1 aliphatic rings. The minimum absolute atomic E-state index is 0.0137. The van der Waals surface area contributed by atoms with Crippen LogP contribution in [0.5, 0.6) is 0 Å². The SMILES string of the molecule is CC(C)(C)[C@H]1N[C@H](C(=O)O)Cc2c1[nH]c1ccccc21. The van der Waals surface area contributed by atoms with Gasteiger partial charge in [0.2, 0.25) is 0 Å². The molecule has 0 amide bonds. The van der Waals surface area contributed by atoms with Crippen molar-refractivity contribution in [2.24, 2.45) is 5.41 Å². The number of carbonyl (C=O) groups is 1. The normalized spacial score (nSPS) is 22.8. The summed E-state index contributed by atoms with van der Waals surface area (Å²) in [6.45, 7) is 6.39. The zero-order valence-corrected chi connectivity index (χ0v) is 12.0. The van der Waals surface area contributed by atoms with E-state index in [-0.39, 0.29) is 11.5 Å². The van der Waals surface area contributed by atoms with Gasteiger partial charge in [0, 0.05) is 23.0 Å². The molecule has 4 heteroatoms. The fourth-order valence-corrected chi connectivity index (χ4v) is 3.08. The molecule has 0 bridgehead atoms. The molecule has 2 aromatic rings. The highest BCUT2D eigenvalue weighted by Gasteiger charge is 2.38. The molecule has 0 saturated carbocycles. The number of fused-ring (bicyclic) bond motifs is 3. The lowest BCUT2D eigenvalue weighted by Gasteiger charge is -2.37. The zero-order chi connectivity index (χ0) is 14.5. The van der Waals surface area contributed by atoms with Crippen molar-refractivity contribution in [1.29, 1.82) is 0 Å². The van der Waals surface area contributed by atoms with Crippen LogP contribution in [0, 0.1) is 5.41 Å². The van der Waals surface area contributed by atoms with Gasteiger partial charge in [0.05, 0.1) is 6.04 Å². The predicted molar refractivity (Wildman–Crippen MR) is 78.8 cm³/mol. The summed E-state index contributed by atoms with van der Waals surface area (Å²) < 4.78 is 0. The minimum Gasteiger partial charge on any atom is -0.480 e. The molecule has 3 rings (SSSR count). The molecule has 0 fully saturated rings. The van der Waals surface area contributed by atoms with Crippen molar-refractivity contribution in [2.45, 2.75) is 39.3 Å². The van der Waals surface area contributed by atoms with Crippen molar-refractivity contribution in [3.05, 3.63) is 35.5 Å². The maximum atomic E-state index is 11.4. The summed E-state index contributed by atoms with van der Waals surface area (Å²) in [4.78, 5) is 14.9. The average molecular weight is 272 g/mol. The van der Waals surface area contributed by atoms with Gasteiger partial charge in [0.15, 0.2) is 0 Å². The van der Waals surface area contributed by atoms with Gasteiger partial charge in [0.25, 0.3) is 0 Å². The van der Waals surface area contributed by atoms with Gasteiger partial charge in [-0.3, -0.25) is 10.1 Å². The number of rotatable bonds is 1. The molecule has 0 saturated heterocycles. The Morgan fingerprint density at radius 2 is 2.00 bits per heavy atom. The number of hydrogen-bond donors (Lipinski definition) is 3. The molecule has 1 aromatic carbocycles. The molecule has 0 aliphatic carbocycles. The van der Waals surface area contributed by atoms with Gasteiger partial charge in [-0.15, -0.1) is 0 Å². The van der Waals surface area contributed by atoms with Gasteiger partial charge < -0.3 is 10.1 Å². The Kier molecular flexibility index (Phi) is 2.87. The largest absolute Gasteiger partial charge is 0.480 e. The van der Waals surface area contributed by atoms with Gasteiger partial charge in [-0.1, -0.05) is 39.0 Å². The van der Waals surface area contributed by atoms with Crippen LogP contribution in [-0.2, 0) is 11.2 Å². The monoisotopic (exact) mass is 272 g/mol. The number of aromatic amines is 1. The lowest BCUT2D eigenvalue weighted by Crippen LogP contribution is -2.48. The van der Waals surface area contributed by atoms with Crippen molar-refractivity contribution in [1.82, 2.24) is 10.3 Å². The lowest BCUT2D eigenvalue weighted by atomic mass is 9.79. The summed E-state index contributed by atoms with van der Waals surface area (Å²) in [5, 5.41) is 13.8. The standard InChI is InChI=1S/C16H20N2O2/c1-16(2,3)14-13-10(8-12(18-14)15(19)20)9-6-4-5-7-11(9)17-13/h4-7,12,14,17-18H,8H2,1-3H3,(H,19,20)/t12-,14-/m0/s1. The molecule has 0 unspecified atom stereocenters. The first-order valence-corrected chi connectivity index (χ1v) is 6.96. The van der Waals surface area contributed by atoms with Crippen LogP contribution in [0.25, 0.3) is 10.9 Å². The highest BCUT2D eigenvalue weighted by molar-refractivity contribution is 5.86. The summed E-state index contributed by atoms with van der Waals surface area (Å²) in [6, 6.07) is 7.60. The van der Waals surface area contributed by atoms with E-state index in [4.69, 9.17) is 0 Å². The van der Waals surface area contributed by atoms with Crippen molar-refractivity contribution in [2.75, 3.05) is 0 Å². The third-order valence-corrected chi connectivity index (χ3v) is 4.08. The van der Waals surface area contributed by atoms with Gasteiger partial charge in [-0.05, 0) is 17.0 Å². The fraction of sp³-hybridized carbons (Fsp3) is 0.438. The molecule has 106 valence electrons. The van der Waals surface area contributed by atoms with E-state index < -0.39 is 12.0 Å². The first kappa shape index (κ1) is 13.2. The number of H-pyrrole nitrogens is 1. The van der Waals surface area contributed by atoms with Crippen molar-refractivity contribution < 1.29 is 9.90 Å². The number of carboxylic acids is 1. The first-order valence-electron chi connectivity index (χ1n) is 6.96. The quantitative estimate of drug-likeness (QED) is 0.748. The topological polar surface area (TPSA) is 65.1 Å². The third-order valence-electron chi connectivity index (χ3n) is 4.08. The average Bonchev–Trinajstić information content (AvgIpc) is 2.74. The van der Waals surface area contributed by atoms with Crippen LogP contribution in [0.4, 0.5) is 0 Å². The van der Waals surface area contributed by atoms with E-state index in [2.05, 4.69) is 37.1 Å². The highest BCUT2D eigenvalue weighted by atomic mass is 16.4.